The number of carboxylic acid groups (broad SMARTS) is 1. The van der Waals surface area contributed by atoms with Gasteiger partial charge in [0, 0.05) is 18.0 Å². The summed E-state index contributed by atoms with van der Waals surface area (Å²) in [6.07, 6.45) is 7.27. The van der Waals surface area contributed by atoms with Gasteiger partial charge in [-0.05, 0) is 37.0 Å². The van der Waals surface area contributed by atoms with Gasteiger partial charge in [0.1, 0.15) is 6.04 Å². The molecule has 1 amide bonds. The SMILES string of the molecule is N[C@@H](Cc1ccc(NC(=O)CCCCCCCCCl)cc1)C(=O)O. The maximum atomic E-state index is 11.9. The number of rotatable bonds is 12. The maximum Gasteiger partial charge on any atom is 0.320 e. The number of anilines is 1. The highest BCUT2D eigenvalue weighted by molar-refractivity contribution is 6.17. The van der Waals surface area contributed by atoms with Crippen LogP contribution in [0.1, 0.15) is 50.5 Å². The van der Waals surface area contributed by atoms with E-state index in [4.69, 9.17) is 22.4 Å². The standard InChI is InChI=1S/C18H27ClN2O3/c19-12-6-4-2-1-3-5-7-17(22)21-15-10-8-14(9-11-15)13-16(20)18(23)24/h8-11,16H,1-7,12-13,20H2,(H,21,22)(H,23,24)/t16-/m0/s1. The monoisotopic (exact) mass is 354 g/mol. The Morgan fingerprint density at radius 2 is 1.62 bits per heavy atom. The van der Waals surface area contributed by atoms with Crippen LogP contribution in [0.25, 0.3) is 0 Å². The van der Waals surface area contributed by atoms with Gasteiger partial charge in [-0.1, -0.05) is 37.8 Å². The van der Waals surface area contributed by atoms with Crippen LogP contribution in [0.4, 0.5) is 5.69 Å². The number of benzene rings is 1. The van der Waals surface area contributed by atoms with Crippen molar-refractivity contribution in [3.05, 3.63) is 29.8 Å². The van der Waals surface area contributed by atoms with Gasteiger partial charge in [0.15, 0.2) is 0 Å². The van der Waals surface area contributed by atoms with E-state index < -0.39 is 12.0 Å². The Morgan fingerprint density at radius 3 is 2.21 bits per heavy atom. The lowest BCUT2D eigenvalue weighted by molar-refractivity contribution is -0.138. The predicted octanol–water partition coefficient (Wildman–Crippen LogP) is 3.55. The molecule has 0 saturated heterocycles. The zero-order chi connectivity index (χ0) is 17.8. The number of alkyl halides is 1. The first-order valence-electron chi connectivity index (χ1n) is 8.46. The molecule has 0 bridgehead atoms. The number of carbonyl (C=O) groups is 2. The number of carboxylic acids is 1. The molecule has 6 heteroatoms. The summed E-state index contributed by atoms with van der Waals surface area (Å²) in [5.41, 5.74) is 7.05. The van der Waals surface area contributed by atoms with Crippen LogP contribution in [0.2, 0.25) is 0 Å². The van der Waals surface area contributed by atoms with Crippen LogP contribution in [0, 0.1) is 0 Å². The summed E-state index contributed by atoms with van der Waals surface area (Å²) in [5, 5.41) is 11.6. The molecule has 0 aromatic heterocycles. The second-order valence-corrected chi connectivity index (χ2v) is 6.33. The fourth-order valence-corrected chi connectivity index (χ4v) is 2.57. The van der Waals surface area contributed by atoms with Gasteiger partial charge in [0.25, 0.3) is 0 Å². The zero-order valence-electron chi connectivity index (χ0n) is 14.0. The minimum absolute atomic E-state index is 0.00532. The summed E-state index contributed by atoms with van der Waals surface area (Å²) in [6, 6.07) is 6.21. The quantitative estimate of drug-likeness (QED) is 0.395. The van der Waals surface area contributed by atoms with Crippen molar-refractivity contribution < 1.29 is 14.7 Å². The van der Waals surface area contributed by atoms with Crippen LogP contribution in [0.3, 0.4) is 0 Å². The van der Waals surface area contributed by atoms with Crippen LogP contribution in [-0.2, 0) is 16.0 Å². The van der Waals surface area contributed by atoms with Crippen molar-refractivity contribution >= 4 is 29.2 Å². The summed E-state index contributed by atoms with van der Waals surface area (Å²) < 4.78 is 0. The molecular formula is C18H27ClN2O3. The van der Waals surface area contributed by atoms with Gasteiger partial charge in [0.2, 0.25) is 5.91 Å². The van der Waals surface area contributed by atoms with Crippen molar-refractivity contribution in [2.45, 2.75) is 57.4 Å². The fraction of sp³-hybridized carbons (Fsp3) is 0.556. The molecule has 1 aromatic carbocycles. The van der Waals surface area contributed by atoms with Crippen LogP contribution in [-0.4, -0.2) is 28.9 Å². The highest BCUT2D eigenvalue weighted by Gasteiger charge is 2.12. The third-order valence-electron chi connectivity index (χ3n) is 3.80. The van der Waals surface area contributed by atoms with Gasteiger partial charge in [-0.25, -0.2) is 0 Å². The minimum Gasteiger partial charge on any atom is -0.480 e. The molecule has 0 aliphatic carbocycles. The lowest BCUT2D eigenvalue weighted by atomic mass is 10.1. The lowest BCUT2D eigenvalue weighted by Gasteiger charge is -2.08. The summed E-state index contributed by atoms with van der Waals surface area (Å²) in [5.74, 6) is -0.288. The number of carbonyl (C=O) groups excluding carboxylic acids is 1. The van der Waals surface area contributed by atoms with E-state index in [1.807, 2.05) is 0 Å². The molecule has 1 aromatic rings. The van der Waals surface area contributed by atoms with E-state index in [0.29, 0.717) is 6.42 Å². The summed E-state index contributed by atoms with van der Waals surface area (Å²) in [7, 11) is 0. The molecule has 0 unspecified atom stereocenters. The molecule has 0 fully saturated rings. The molecule has 0 aliphatic heterocycles. The Morgan fingerprint density at radius 1 is 1.04 bits per heavy atom. The first kappa shape index (κ1) is 20.5. The number of hydrogen-bond acceptors (Lipinski definition) is 3. The average Bonchev–Trinajstić information content (AvgIpc) is 2.55. The number of halogens is 1. The molecule has 1 atom stereocenters. The average molecular weight is 355 g/mol. The number of unbranched alkanes of at least 4 members (excludes halogenated alkanes) is 5. The van der Waals surface area contributed by atoms with Gasteiger partial charge < -0.3 is 16.2 Å². The van der Waals surface area contributed by atoms with E-state index in [-0.39, 0.29) is 12.3 Å². The second-order valence-electron chi connectivity index (χ2n) is 5.95. The maximum absolute atomic E-state index is 11.9. The lowest BCUT2D eigenvalue weighted by Crippen LogP contribution is -2.32. The first-order chi connectivity index (χ1) is 11.5. The molecule has 1 rings (SSSR count). The third-order valence-corrected chi connectivity index (χ3v) is 4.07. The van der Waals surface area contributed by atoms with E-state index in [1.54, 1.807) is 24.3 Å². The topological polar surface area (TPSA) is 92.4 Å². The van der Waals surface area contributed by atoms with Crippen molar-refractivity contribution in [3.63, 3.8) is 0 Å². The molecule has 0 saturated carbocycles. The van der Waals surface area contributed by atoms with E-state index >= 15 is 0 Å². The Balaban J connectivity index is 2.23. The summed E-state index contributed by atoms with van der Waals surface area (Å²) >= 11 is 5.62. The largest absolute Gasteiger partial charge is 0.480 e. The molecule has 0 spiro atoms. The van der Waals surface area contributed by atoms with Crippen molar-refractivity contribution in [1.29, 1.82) is 0 Å². The summed E-state index contributed by atoms with van der Waals surface area (Å²) in [4.78, 5) is 22.6. The number of hydrogen-bond donors (Lipinski definition) is 3. The Bertz CT molecular complexity index is 505. The predicted molar refractivity (Wildman–Crippen MR) is 97.4 cm³/mol. The number of aliphatic carboxylic acids is 1. The molecular weight excluding hydrogens is 328 g/mol. The molecule has 0 aliphatic rings. The van der Waals surface area contributed by atoms with Crippen LogP contribution >= 0.6 is 11.6 Å². The fourth-order valence-electron chi connectivity index (χ4n) is 2.38. The zero-order valence-corrected chi connectivity index (χ0v) is 14.7. The van der Waals surface area contributed by atoms with Crippen LogP contribution in [0.15, 0.2) is 24.3 Å². The number of amides is 1. The van der Waals surface area contributed by atoms with Crippen LogP contribution in [0.5, 0.6) is 0 Å². The van der Waals surface area contributed by atoms with Crippen molar-refractivity contribution in [2.75, 3.05) is 11.2 Å². The van der Waals surface area contributed by atoms with E-state index in [2.05, 4.69) is 5.32 Å². The number of nitrogens with two attached hydrogens (primary N) is 1. The van der Waals surface area contributed by atoms with Gasteiger partial charge in [-0.2, -0.15) is 0 Å². The molecule has 134 valence electrons. The van der Waals surface area contributed by atoms with Crippen LogP contribution < -0.4 is 11.1 Å². The normalized spacial score (nSPS) is 11.9. The van der Waals surface area contributed by atoms with Gasteiger partial charge in [-0.15, -0.1) is 11.6 Å². The first-order valence-corrected chi connectivity index (χ1v) is 8.99. The smallest absolute Gasteiger partial charge is 0.320 e. The van der Waals surface area contributed by atoms with Crippen molar-refractivity contribution in [3.8, 4) is 0 Å². The highest BCUT2D eigenvalue weighted by Crippen LogP contribution is 2.13. The molecule has 5 nitrogen and oxygen atoms in total. The van der Waals surface area contributed by atoms with Gasteiger partial charge in [0.05, 0.1) is 0 Å². The molecule has 0 radical (unpaired) electrons. The van der Waals surface area contributed by atoms with Crippen molar-refractivity contribution in [1.82, 2.24) is 0 Å². The molecule has 0 heterocycles. The summed E-state index contributed by atoms with van der Waals surface area (Å²) in [6.45, 7) is 0. The second kappa shape index (κ2) is 11.9. The minimum atomic E-state index is -1.02. The van der Waals surface area contributed by atoms with Gasteiger partial charge >= 0.3 is 5.97 Å². The van der Waals surface area contributed by atoms with E-state index in [9.17, 15) is 9.59 Å². The Hall–Kier alpha value is -1.59. The Labute approximate surface area is 148 Å². The number of nitrogens with one attached hydrogen (secondary N) is 1. The van der Waals surface area contributed by atoms with E-state index in [0.717, 1.165) is 49.2 Å². The third kappa shape index (κ3) is 8.89. The van der Waals surface area contributed by atoms with E-state index in [1.165, 1.54) is 6.42 Å². The Kier molecular flexibility index (Phi) is 10.1. The van der Waals surface area contributed by atoms with Crippen molar-refractivity contribution in [2.24, 2.45) is 5.73 Å². The molecule has 4 N–H and O–H groups in total. The molecule has 24 heavy (non-hydrogen) atoms. The highest BCUT2D eigenvalue weighted by atomic mass is 35.5. The van der Waals surface area contributed by atoms with Gasteiger partial charge in [-0.3, -0.25) is 9.59 Å².